The molecule has 0 spiro atoms. The summed E-state index contributed by atoms with van der Waals surface area (Å²) in [6, 6.07) is 9.40. The van der Waals surface area contributed by atoms with Gasteiger partial charge in [0.05, 0.1) is 19.8 Å². The third-order valence-corrected chi connectivity index (χ3v) is 5.17. The molecule has 0 saturated heterocycles. The Morgan fingerprint density at radius 2 is 1.48 bits per heavy atom. The average molecular weight is 340 g/mol. The minimum absolute atomic E-state index is 0.331. The number of aryl methyl sites for hydroxylation is 3. The van der Waals surface area contributed by atoms with E-state index in [4.69, 9.17) is 9.47 Å². The molecule has 0 aliphatic carbocycles. The summed E-state index contributed by atoms with van der Waals surface area (Å²) in [4.78, 5) is 0. The lowest BCUT2D eigenvalue weighted by Crippen LogP contribution is -2.87. The summed E-state index contributed by atoms with van der Waals surface area (Å²) in [7, 11) is 0. The molecule has 0 fully saturated rings. The summed E-state index contributed by atoms with van der Waals surface area (Å²) in [6.45, 7) is 13.1. The molecule has 3 nitrogen and oxygen atoms in total. The number of benzene rings is 2. The van der Waals surface area contributed by atoms with E-state index in [1.807, 2.05) is 13.8 Å². The van der Waals surface area contributed by atoms with Crippen LogP contribution in [0.3, 0.4) is 0 Å². The zero-order chi connectivity index (χ0) is 18.0. The fraction of sp³-hybridized carbons (Fsp3) is 0.455. The van der Waals surface area contributed by atoms with Crippen molar-refractivity contribution in [3.63, 3.8) is 0 Å². The highest BCUT2D eigenvalue weighted by atomic mass is 16.5. The molecular weight excluding hydrogens is 310 g/mol. The lowest BCUT2D eigenvalue weighted by Gasteiger charge is -2.27. The second-order valence-corrected chi connectivity index (χ2v) is 6.91. The molecule has 2 aromatic rings. The van der Waals surface area contributed by atoms with Crippen LogP contribution in [0.1, 0.15) is 53.3 Å². The maximum Gasteiger partial charge on any atom is 0.161 e. The van der Waals surface area contributed by atoms with Crippen LogP contribution >= 0.6 is 0 Å². The summed E-state index contributed by atoms with van der Waals surface area (Å²) in [5.41, 5.74) is 8.25. The third kappa shape index (κ3) is 3.52. The summed E-state index contributed by atoms with van der Waals surface area (Å²) in [6.07, 6.45) is 1.07. The molecule has 25 heavy (non-hydrogen) atoms. The molecule has 1 aliphatic heterocycles. The van der Waals surface area contributed by atoms with Crippen molar-refractivity contribution < 1.29 is 14.8 Å². The first-order valence-corrected chi connectivity index (χ1v) is 9.38. The van der Waals surface area contributed by atoms with E-state index in [-0.39, 0.29) is 0 Å². The van der Waals surface area contributed by atoms with Gasteiger partial charge in [0.1, 0.15) is 6.04 Å². The molecule has 1 heterocycles. The summed E-state index contributed by atoms with van der Waals surface area (Å²) >= 11 is 0. The van der Waals surface area contributed by atoms with Crippen LogP contribution in [0.25, 0.3) is 0 Å². The molecule has 134 valence electrons. The number of nitrogens with two attached hydrogens (primary N) is 1. The first-order valence-electron chi connectivity index (χ1n) is 9.38. The Balaban J connectivity index is 2.09. The number of ether oxygens (including phenoxy) is 2. The third-order valence-electron chi connectivity index (χ3n) is 5.17. The van der Waals surface area contributed by atoms with Gasteiger partial charge in [0.25, 0.3) is 0 Å². The highest BCUT2D eigenvalue weighted by Crippen LogP contribution is 2.37. The summed E-state index contributed by atoms with van der Waals surface area (Å²) < 4.78 is 11.7. The van der Waals surface area contributed by atoms with Gasteiger partial charge < -0.3 is 14.8 Å². The van der Waals surface area contributed by atoms with Gasteiger partial charge in [-0.25, -0.2) is 0 Å². The summed E-state index contributed by atoms with van der Waals surface area (Å²) in [5, 5.41) is 2.45. The van der Waals surface area contributed by atoms with Crippen molar-refractivity contribution in [2.24, 2.45) is 0 Å². The quantitative estimate of drug-likeness (QED) is 0.902. The smallest absolute Gasteiger partial charge is 0.161 e. The van der Waals surface area contributed by atoms with Crippen molar-refractivity contribution in [1.82, 2.24) is 0 Å². The summed E-state index contributed by atoms with van der Waals surface area (Å²) in [5.74, 6) is 1.74. The van der Waals surface area contributed by atoms with E-state index in [0.29, 0.717) is 19.3 Å². The molecule has 3 rings (SSSR count). The molecule has 0 unspecified atom stereocenters. The Kier molecular flexibility index (Phi) is 5.33. The first kappa shape index (κ1) is 17.8. The van der Waals surface area contributed by atoms with Crippen molar-refractivity contribution in [2.75, 3.05) is 19.8 Å². The lowest BCUT2D eigenvalue weighted by molar-refractivity contribution is -0.690. The van der Waals surface area contributed by atoms with Gasteiger partial charge in [-0.1, -0.05) is 6.07 Å². The average Bonchev–Trinajstić information content (AvgIpc) is 2.59. The van der Waals surface area contributed by atoms with Crippen LogP contribution in [0.5, 0.6) is 11.5 Å². The van der Waals surface area contributed by atoms with Crippen LogP contribution in [0.2, 0.25) is 0 Å². The Morgan fingerprint density at radius 1 is 0.840 bits per heavy atom. The van der Waals surface area contributed by atoms with Gasteiger partial charge >= 0.3 is 0 Å². The second-order valence-electron chi connectivity index (χ2n) is 6.91. The zero-order valence-electron chi connectivity index (χ0n) is 16.1. The van der Waals surface area contributed by atoms with E-state index in [1.165, 1.54) is 33.4 Å². The monoisotopic (exact) mass is 340 g/mol. The van der Waals surface area contributed by atoms with Crippen molar-refractivity contribution in [3.8, 4) is 11.5 Å². The van der Waals surface area contributed by atoms with Crippen molar-refractivity contribution in [2.45, 2.75) is 47.1 Å². The molecule has 2 N–H and O–H groups in total. The minimum atomic E-state index is 0.331. The van der Waals surface area contributed by atoms with Gasteiger partial charge in [0.2, 0.25) is 0 Å². The van der Waals surface area contributed by atoms with Crippen molar-refractivity contribution in [3.05, 3.63) is 57.6 Å². The second kappa shape index (κ2) is 7.49. The number of rotatable bonds is 5. The Hall–Kier alpha value is -2.00. The van der Waals surface area contributed by atoms with Gasteiger partial charge in [-0.2, -0.15) is 0 Å². The maximum absolute atomic E-state index is 5.87. The van der Waals surface area contributed by atoms with E-state index in [0.717, 1.165) is 24.5 Å². The van der Waals surface area contributed by atoms with E-state index in [1.54, 1.807) is 0 Å². The fourth-order valence-corrected chi connectivity index (χ4v) is 3.81. The molecule has 0 saturated carbocycles. The number of hydrogen-bond donors (Lipinski definition) is 1. The number of hydrogen-bond acceptors (Lipinski definition) is 2. The molecular formula is C22H30NO2+. The fourth-order valence-electron chi connectivity index (χ4n) is 3.81. The van der Waals surface area contributed by atoms with Crippen LogP contribution in [0, 0.1) is 20.8 Å². The van der Waals surface area contributed by atoms with Gasteiger partial charge in [-0.3, -0.25) is 0 Å². The minimum Gasteiger partial charge on any atom is -0.490 e. The first-order chi connectivity index (χ1) is 12.0. The molecule has 0 bridgehead atoms. The molecule has 3 heteroatoms. The van der Waals surface area contributed by atoms with Crippen molar-refractivity contribution >= 4 is 0 Å². The van der Waals surface area contributed by atoms with Crippen molar-refractivity contribution in [1.29, 1.82) is 0 Å². The molecule has 0 radical (unpaired) electrons. The van der Waals surface area contributed by atoms with Crippen LogP contribution < -0.4 is 14.8 Å². The maximum atomic E-state index is 5.87. The highest BCUT2D eigenvalue weighted by Gasteiger charge is 2.28. The topological polar surface area (TPSA) is 35.1 Å². The molecule has 0 amide bonds. The molecule has 2 aromatic carbocycles. The van der Waals surface area contributed by atoms with E-state index in [9.17, 15) is 0 Å². The van der Waals surface area contributed by atoms with Gasteiger partial charge in [-0.15, -0.1) is 0 Å². The van der Waals surface area contributed by atoms with Crippen LogP contribution in [-0.2, 0) is 6.42 Å². The SMILES string of the molecule is CCOc1cc2c(cc1OCC)[C@H](c1cc(C)c(C)cc1C)[NH2+]CC2. The predicted molar refractivity (Wildman–Crippen MR) is 102 cm³/mol. The molecule has 1 aliphatic rings. The number of quaternary nitrogens is 1. The van der Waals surface area contributed by atoms with Gasteiger partial charge in [-0.05, 0) is 75.1 Å². The van der Waals surface area contributed by atoms with E-state index >= 15 is 0 Å². The van der Waals surface area contributed by atoms with Crippen LogP contribution in [-0.4, -0.2) is 19.8 Å². The Labute approximate surface area is 151 Å². The number of fused-ring (bicyclic) bond motifs is 1. The zero-order valence-corrected chi connectivity index (χ0v) is 16.1. The normalized spacial score (nSPS) is 16.4. The Bertz CT molecular complexity index is 767. The largest absolute Gasteiger partial charge is 0.490 e. The van der Waals surface area contributed by atoms with E-state index in [2.05, 4.69) is 50.4 Å². The Morgan fingerprint density at radius 3 is 2.16 bits per heavy atom. The van der Waals surface area contributed by atoms with E-state index < -0.39 is 0 Å². The molecule has 1 atom stereocenters. The van der Waals surface area contributed by atoms with Gasteiger partial charge in [0.15, 0.2) is 11.5 Å². The highest BCUT2D eigenvalue weighted by molar-refractivity contribution is 5.52. The van der Waals surface area contributed by atoms with Crippen LogP contribution in [0.15, 0.2) is 24.3 Å². The van der Waals surface area contributed by atoms with Gasteiger partial charge in [0, 0.05) is 17.5 Å². The van der Waals surface area contributed by atoms with Crippen LogP contribution in [0.4, 0.5) is 0 Å². The standard InChI is InChI=1S/C22H29NO2/c1-6-24-20-12-17-8-9-23-22(19(17)13-21(20)25-7-2)18-11-15(4)14(3)10-16(18)5/h10-13,22-23H,6-9H2,1-5H3/p+1/t22-/m0/s1. The molecule has 0 aromatic heterocycles. The lowest BCUT2D eigenvalue weighted by atomic mass is 9.86. The predicted octanol–water partition coefficient (Wildman–Crippen LogP) is 3.62.